The van der Waals surface area contributed by atoms with E-state index in [0.717, 1.165) is 5.92 Å². The van der Waals surface area contributed by atoms with Gasteiger partial charge in [-0.05, 0) is 12.3 Å². The van der Waals surface area contributed by atoms with Crippen LogP contribution < -0.4 is 0 Å². The summed E-state index contributed by atoms with van der Waals surface area (Å²) < 4.78 is 20.8. The van der Waals surface area contributed by atoms with Crippen LogP contribution in [0.5, 0.6) is 0 Å². The maximum Gasteiger partial charge on any atom is 0.382 e. The summed E-state index contributed by atoms with van der Waals surface area (Å²) >= 11 is 0. The molecule has 5 heavy (non-hydrogen) atoms. The summed E-state index contributed by atoms with van der Waals surface area (Å²) in [5.41, 5.74) is 0. The normalized spacial score (nSPS) is 7.60. The van der Waals surface area contributed by atoms with Crippen LogP contribution in [0.15, 0.2) is 0 Å². The van der Waals surface area contributed by atoms with E-state index in [4.69, 9.17) is 6.42 Å². The lowest BCUT2D eigenvalue weighted by Gasteiger charge is -1.66. The van der Waals surface area contributed by atoms with Crippen LogP contribution in [0.25, 0.3) is 0 Å². The largest absolute Gasteiger partial charge is 0.382 e. The molecule has 2 radical (unpaired) electrons. The van der Waals surface area contributed by atoms with E-state index < -0.39 is 6.43 Å². The molecule has 0 amide bonds. The van der Waals surface area contributed by atoms with E-state index in [-0.39, 0.29) is 0 Å². The Kier molecular flexibility index (Phi) is 1.51. The molecule has 0 aliphatic rings. The van der Waals surface area contributed by atoms with Gasteiger partial charge in [0.05, 0.1) is 0 Å². The molecule has 0 nitrogen and oxygen atoms in total. The minimum atomic E-state index is -2.08. The van der Waals surface area contributed by atoms with Crippen LogP contribution in [-0.2, 0) is 0 Å². The first-order valence-corrected chi connectivity index (χ1v) is 0.878. The first kappa shape index (κ1) is 4.42. The second-order valence-electron chi connectivity index (χ2n) is 0.385. The van der Waals surface area contributed by atoms with Gasteiger partial charge in [-0.15, -0.1) is 0 Å². The topological polar surface area (TPSA) is 0 Å². The van der Waals surface area contributed by atoms with Crippen molar-refractivity contribution in [3.05, 3.63) is 12.8 Å². The van der Waals surface area contributed by atoms with Gasteiger partial charge in [-0.25, -0.2) is 0 Å². The Hall–Kier alpha value is -0.580. The summed E-state index contributed by atoms with van der Waals surface area (Å²) in [6.07, 6.45) is 3.54. The molecule has 26 valence electrons. The van der Waals surface area contributed by atoms with Crippen LogP contribution in [0, 0.1) is 18.8 Å². The van der Waals surface area contributed by atoms with E-state index in [2.05, 4.69) is 0 Å². The standard InChI is InChI=1S/C3F2/c1-2-3(4)5. The number of hydrogen-bond donors (Lipinski definition) is 0. The molecule has 0 N–H and O–H groups in total. The second kappa shape index (κ2) is 1.71. The average molecular weight is 74.0 g/mol. The highest BCUT2D eigenvalue weighted by atomic mass is 19.3. The van der Waals surface area contributed by atoms with Crippen LogP contribution in [0.4, 0.5) is 8.78 Å². The van der Waals surface area contributed by atoms with Gasteiger partial charge in [-0.1, -0.05) is 0 Å². The minimum absolute atomic E-state index is 0.861. The monoisotopic (exact) mass is 74.0 g/mol. The third-order valence-corrected chi connectivity index (χ3v) is 0.0945. The van der Waals surface area contributed by atoms with Gasteiger partial charge in [0, 0.05) is 0 Å². The van der Waals surface area contributed by atoms with E-state index in [0.29, 0.717) is 0 Å². The summed E-state index contributed by atoms with van der Waals surface area (Å²) in [4.78, 5) is 0. The Labute approximate surface area is 28.8 Å². The fourth-order valence-electron chi connectivity index (χ4n) is 0. The van der Waals surface area contributed by atoms with Gasteiger partial charge in [0.25, 0.3) is 0 Å². The highest BCUT2D eigenvalue weighted by Gasteiger charge is 1.91. The van der Waals surface area contributed by atoms with Crippen LogP contribution in [0.3, 0.4) is 0 Å². The molecule has 0 aromatic heterocycles. The molecule has 0 spiro atoms. The molecular formula is C3F2. The molecule has 0 bridgehead atoms. The smallest absolute Gasteiger partial charge is 0.184 e. The lowest BCUT2D eigenvalue weighted by molar-refractivity contribution is 0.343. The Morgan fingerprint density at radius 3 is 1.80 bits per heavy atom. The van der Waals surface area contributed by atoms with Gasteiger partial charge in [-0.2, -0.15) is 8.78 Å². The summed E-state index contributed by atoms with van der Waals surface area (Å²) in [7, 11) is 0. The highest BCUT2D eigenvalue weighted by Crippen LogP contribution is 1.95. The number of rotatable bonds is 0. The van der Waals surface area contributed by atoms with Crippen molar-refractivity contribution >= 4 is 0 Å². The van der Waals surface area contributed by atoms with Crippen molar-refractivity contribution in [2.24, 2.45) is 0 Å². The zero-order valence-electron chi connectivity index (χ0n) is 2.26. The molecule has 0 saturated carbocycles. The Balaban J connectivity index is 2.94. The lowest BCUT2D eigenvalue weighted by Crippen LogP contribution is -1.61. The van der Waals surface area contributed by atoms with Crippen LogP contribution in [-0.4, -0.2) is 0 Å². The summed E-state index contributed by atoms with van der Waals surface area (Å²) in [5, 5.41) is 0. The zero-order valence-corrected chi connectivity index (χ0v) is 2.26. The van der Waals surface area contributed by atoms with Crippen LogP contribution in [0.1, 0.15) is 0 Å². The van der Waals surface area contributed by atoms with Crippen molar-refractivity contribution < 1.29 is 8.78 Å². The second-order valence-corrected chi connectivity index (χ2v) is 0.385. The van der Waals surface area contributed by atoms with E-state index in [1.165, 1.54) is 0 Å². The van der Waals surface area contributed by atoms with Gasteiger partial charge >= 0.3 is 6.43 Å². The third kappa shape index (κ3) is 3.42. The van der Waals surface area contributed by atoms with Gasteiger partial charge in [-0.3, -0.25) is 0 Å². The molecule has 0 saturated heterocycles. The highest BCUT2D eigenvalue weighted by molar-refractivity contribution is 4.94. The first-order chi connectivity index (χ1) is 2.27. The van der Waals surface area contributed by atoms with Gasteiger partial charge in [0.15, 0.2) is 0 Å². The molecule has 0 aromatic carbocycles. The molecule has 0 fully saturated rings. The van der Waals surface area contributed by atoms with Crippen LogP contribution in [0.2, 0.25) is 0 Å². The predicted molar refractivity (Wildman–Crippen MR) is 12.6 cm³/mol. The molecule has 2 heteroatoms. The Bertz CT molecular complexity index is 50.4. The lowest BCUT2D eigenvalue weighted by atomic mass is 10.8. The molecular weight excluding hydrogens is 74.0 g/mol. The minimum Gasteiger partial charge on any atom is -0.184 e. The molecule has 0 heterocycles. The Morgan fingerprint density at radius 1 is 1.60 bits per heavy atom. The van der Waals surface area contributed by atoms with Crippen molar-refractivity contribution in [2.45, 2.75) is 0 Å². The van der Waals surface area contributed by atoms with Gasteiger partial charge in [0.1, 0.15) is 0 Å². The van der Waals surface area contributed by atoms with Crippen molar-refractivity contribution in [3.8, 4) is 5.92 Å². The van der Waals surface area contributed by atoms with E-state index >= 15 is 0 Å². The van der Waals surface area contributed by atoms with Gasteiger partial charge < -0.3 is 0 Å². The molecule has 0 atom stereocenters. The quantitative estimate of drug-likeness (QED) is 0.376. The van der Waals surface area contributed by atoms with Crippen molar-refractivity contribution in [3.63, 3.8) is 0 Å². The predicted octanol–water partition coefficient (Wildman–Crippen LogP) is 1.00. The zero-order chi connectivity index (χ0) is 4.28. The van der Waals surface area contributed by atoms with E-state index in [1.54, 1.807) is 0 Å². The summed E-state index contributed by atoms with van der Waals surface area (Å²) in [6.45, 7) is 0. The number of hydrogen-bond acceptors (Lipinski definition) is 0. The summed E-state index contributed by atoms with van der Waals surface area (Å²) in [5.74, 6) is 0.861. The molecule has 0 aliphatic heterocycles. The third-order valence-electron chi connectivity index (χ3n) is 0.0945. The van der Waals surface area contributed by atoms with Crippen molar-refractivity contribution in [1.82, 2.24) is 0 Å². The fraction of sp³-hybridized carbons (Fsp3) is 0. The van der Waals surface area contributed by atoms with Crippen molar-refractivity contribution in [1.29, 1.82) is 0 Å². The van der Waals surface area contributed by atoms with E-state index in [1.807, 2.05) is 0 Å². The molecule has 0 rings (SSSR count). The van der Waals surface area contributed by atoms with Crippen molar-refractivity contribution in [2.75, 3.05) is 0 Å². The van der Waals surface area contributed by atoms with Crippen LogP contribution >= 0.6 is 0 Å². The maximum atomic E-state index is 10.4. The fourth-order valence-corrected chi connectivity index (χ4v) is 0. The van der Waals surface area contributed by atoms with Gasteiger partial charge in [0.2, 0.25) is 0 Å². The maximum absolute atomic E-state index is 10.4. The summed E-state index contributed by atoms with van der Waals surface area (Å²) in [6, 6.07) is 0. The van der Waals surface area contributed by atoms with E-state index in [9.17, 15) is 8.78 Å². The average Bonchev–Trinajstić information content (AvgIpc) is 1.38. The SMILES string of the molecule is [C]#C[C](F)F. The molecule has 0 aromatic rings. The molecule has 0 aliphatic carbocycles. The Morgan fingerprint density at radius 2 is 1.80 bits per heavy atom. The first-order valence-electron chi connectivity index (χ1n) is 0.878. The number of halogens is 2. The molecule has 0 unspecified atom stereocenters.